The number of benzene rings is 2. The summed E-state index contributed by atoms with van der Waals surface area (Å²) in [5.74, 6) is 1.49. The number of pyridine rings is 1. The highest BCUT2D eigenvalue weighted by Gasteiger charge is 2.08. The zero-order valence-electron chi connectivity index (χ0n) is 17.6. The van der Waals surface area contributed by atoms with E-state index in [1.54, 1.807) is 6.20 Å². The highest BCUT2D eigenvalue weighted by Crippen LogP contribution is 2.28. The second-order valence-electron chi connectivity index (χ2n) is 7.16. The molecule has 0 aliphatic heterocycles. The monoisotopic (exact) mass is 429 g/mol. The van der Waals surface area contributed by atoms with E-state index >= 15 is 0 Å². The van der Waals surface area contributed by atoms with Crippen LogP contribution in [0.3, 0.4) is 0 Å². The van der Waals surface area contributed by atoms with Gasteiger partial charge >= 0.3 is 0 Å². The summed E-state index contributed by atoms with van der Waals surface area (Å²) >= 11 is 0. The number of rotatable bonds is 8. The molecule has 2 heterocycles. The molecule has 1 amide bonds. The first kappa shape index (κ1) is 21.2. The van der Waals surface area contributed by atoms with Crippen molar-refractivity contribution in [1.29, 1.82) is 0 Å². The van der Waals surface area contributed by atoms with Crippen LogP contribution in [0.5, 0.6) is 5.75 Å². The van der Waals surface area contributed by atoms with Gasteiger partial charge in [-0.2, -0.15) is 0 Å². The van der Waals surface area contributed by atoms with Crippen LogP contribution < -0.4 is 15.4 Å². The average molecular weight is 429 g/mol. The zero-order valence-corrected chi connectivity index (χ0v) is 17.6. The smallest absolute Gasteiger partial charge is 0.271 e. The van der Waals surface area contributed by atoms with Gasteiger partial charge in [0.1, 0.15) is 29.7 Å². The van der Waals surface area contributed by atoms with Crippen LogP contribution in [0.2, 0.25) is 0 Å². The topological polar surface area (TPSA) is 109 Å². The van der Waals surface area contributed by atoms with E-state index in [1.807, 2.05) is 30.3 Å². The van der Waals surface area contributed by atoms with E-state index in [0.29, 0.717) is 18.2 Å². The van der Waals surface area contributed by atoms with Gasteiger partial charge in [0.05, 0.1) is 19.0 Å². The minimum Gasteiger partial charge on any atom is -0.488 e. The number of aromatic nitrogens is 3. The van der Waals surface area contributed by atoms with Crippen LogP contribution in [0, 0.1) is 6.92 Å². The van der Waals surface area contributed by atoms with Crippen LogP contribution in [-0.2, 0) is 6.61 Å². The number of anilines is 2. The summed E-state index contributed by atoms with van der Waals surface area (Å²) in [6.45, 7) is 2.51. The van der Waals surface area contributed by atoms with Gasteiger partial charge in [0.2, 0.25) is 0 Å². The van der Waals surface area contributed by atoms with Crippen molar-refractivity contribution in [3.05, 3.63) is 83.9 Å². The van der Waals surface area contributed by atoms with E-state index in [4.69, 9.17) is 9.84 Å². The highest BCUT2D eigenvalue weighted by molar-refractivity contribution is 5.92. The first-order chi connectivity index (χ1) is 15.6. The average Bonchev–Trinajstić information content (AvgIpc) is 2.83. The van der Waals surface area contributed by atoms with Crippen molar-refractivity contribution in [2.24, 2.45) is 0 Å². The lowest BCUT2D eigenvalue weighted by molar-refractivity contribution is 0.0939. The van der Waals surface area contributed by atoms with E-state index < -0.39 is 0 Å². The number of hydrogen-bond donors (Lipinski definition) is 3. The van der Waals surface area contributed by atoms with Crippen LogP contribution in [0.15, 0.2) is 67.1 Å². The third-order valence-corrected chi connectivity index (χ3v) is 4.86. The molecule has 2 aromatic carbocycles. The summed E-state index contributed by atoms with van der Waals surface area (Å²) in [5, 5.41) is 16.6. The van der Waals surface area contributed by atoms with Crippen molar-refractivity contribution < 1.29 is 14.6 Å². The molecule has 0 spiro atoms. The van der Waals surface area contributed by atoms with Gasteiger partial charge in [-0.25, -0.2) is 15.0 Å². The van der Waals surface area contributed by atoms with Gasteiger partial charge in [-0.05, 0) is 41.6 Å². The van der Waals surface area contributed by atoms with Crippen molar-refractivity contribution in [3.63, 3.8) is 0 Å². The number of nitrogens with one attached hydrogen (secondary N) is 2. The van der Waals surface area contributed by atoms with E-state index in [2.05, 4.69) is 50.7 Å². The molecule has 162 valence electrons. The van der Waals surface area contributed by atoms with E-state index in [1.165, 1.54) is 23.3 Å². The van der Waals surface area contributed by atoms with E-state index in [9.17, 15) is 4.79 Å². The minimum absolute atomic E-state index is 0.134. The first-order valence-electron chi connectivity index (χ1n) is 10.2. The predicted molar refractivity (Wildman–Crippen MR) is 122 cm³/mol. The molecule has 8 nitrogen and oxygen atoms in total. The van der Waals surface area contributed by atoms with Crippen LogP contribution in [0.25, 0.3) is 10.8 Å². The number of aryl methyl sites for hydroxylation is 1. The minimum atomic E-state index is -0.390. The van der Waals surface area contributed by atoms with Gasteiger partial charge < -0.3 is 20.5 Å². The molecule has 3 N–H and O–H groups in total. The highest BCUT2D eigenvalue weighted by atomic mass is 16.5. The Kier molecular flexibility index (Phi) is 6.52. The number of carbonyl (C=O) groups is 1. The van der Waals surface area contributed by atoms with Crippen molar-refractivity contribution in [1.82, 2.24) is 20.3 Å². The fourth-order valence-corrected chi connectivity index (χ4v) is 3.24. The Morgan fingerprint density at radius 3 is 2.62 bits per heavy atom. The molecule has 0 aliphatic carbocycles. The number of hydrogen-bond acceptors (Lipinski definition) is 7. The van der Waals surface area contributed by atoms with Gasteiger partial charge in [-0.3, -0.25) is 4.79 Å². The SMILES string of the molecule is Cc1ccc(OCc2ccnc(Nc3cnc(C(=O)NCCO)cn3)c2)c2ccccc12. The van der Waals surface area contributed by atoms with Crippen molar-refractivity contribution in [2.45, 2.75) is 13.5 Å². The quantitative estimate of drug-likeness (QED) is 0.394. The molecular weight excluding hydrogens is 406 g/mol. The number of aliphatic hydroxyl groups is 1. The Morgan fingerprint density at radius 2 is 1.84 bits per heavy atom. The third kappa shape index (κ3) is 4.98. The summed E-state index contributed by atoms with van der Waals surface area (Å²) < 4.78 is 6.09. The lowest BCUT2D eigenvalue weighted by Crippen LogP contribution is -2.27. The predicted octanol–water partition coefficient (Wildman–Crippen LogP) is 3.38. The second kappa shape index (κ2) is 9.84. The summed E-state index contributed by atoms with van der Waals surface area (Å²) in [4.78, 5) is 24.4. The number of amides is 1. The molecule has 0 radical (unpaired) electrons. The molecule has 0 atom stereocenters. The molecule has 0 aliphatic rings. The van der Waals surface area contributed by atoms with E-state index in [0.717, 1.165) is 16.7 Å². The summed E-state index contributed by atoms with van der Waals surface area (Å²) in [6.07, 6.45) is 4.51. The summed E-state index contributed by atoms with van der Waals surface area (Å²) in [5.41, 5.74) is 2.32. The zero-order chi connectivity index (χ0) is 22.3. The molecule has 4 aromatic rings. The fourth-order valence-electron chi connectivity index (χ4n) is 3.24. The maximum absolute atomic E-state index is 11.8. The van der Waals surface area contributed by atoms with Crippen molar-refractivity contribution in [3.8, 4) is 5.75 Å². The van der Waals surface area contributed by atoms with Crippen molar-refractivity contribution >= 4 is 28.3 Å². The maximum Gasteiger partial charge on any atom is 0.271 e. The molecule has 0 saturated carbocycles. The van der Waals surface area contributed by atoms with Crippen LogP contribution >= 0.6 is 0 Å². The number of ether oxygens (including phenoxy) is 1. The van der Waals surface area contributed by atoms with Gasteiger partial charge in [-0.1, -0.05) is 30.3 Å². The van der Waals surface area contributed by atoms with Gasteiger partial charge in [0, 0.05) is 18.1 Å². The van der Waals surface area contributed by atoms with Crippen LogP contribution in [0.4, 0.5) is 11.6 Å². The Bertz CT molecular complexity index is 1230. The molecule has 0 unspecified atom stereocenters. The lowest BCUT2D eigenvalue weighted by Gasteiger charge is -2.12. The number of carbonyl (C=O) groups excluding carboxylic acids is 1. The molecule has 0 saturated heterocycles. The summed E-state index contributed by atoms with van der Waals surface area (Å²) in [6, 6.07) is 16.0. The van der Waals surface area contributed by atoms with Gasteiger partial charge in [0.25, 0.3) is 5.91 Å². The maximum atomic E-state index is 11.8. The van der Waals surface area contributed by atoms with Crippen molar-refractivity contribution in [2.75, 3.05) is 18.5 Å². The fraction of sp³-hybridized carbons (Fsp3) is 0.167. The number of nitrogens with zero attached hydrogens (tertiary/aromatic N) is 3. The molecule has 2 aromatic heterocycles. The Labute approximate surface area is 185 Å². The molecule has 0 fully saturated rings. The van der Waals surface area contributed by atoms with Gasteiger partial charge in [0.15, 0.2) is 0 Å². The largest absolute Gasteiger partial charge is 0.488 e. The molecule has 8 heteroatoms. The number of fused-ring (bicyclic) bond motifs is 1. The molecule has 32 heavy (non-hydrogen) atoms. The summed E-state index contributed by atoms with van der Waals surface area (Å²) in [7, 11) is 0. The normalized spacial score (nSPS) is 10.7. The molecule has 0 bridgehead atoms. The molecule has 4 rings (SSSR count). The Balaban J connectivity index is 1.42. The second-order valence-corrected chi connectivity index (χ2v) is 7.16. The van der Waals surface area contributed by atoms with Crippen LogP contribution in [-0.4, -0.2) is 39.1 Å². The Morgan fingerprint density at radius 1 is 1.00 bits per heavy atom. The third-order valence-electron chi connectivity index (χ3n) is 4.86. The first-order valence-corrected chi connectivity index (χ1v) is 10.2. The van der Waals surface area contributed by atoms with Crippen LogP contribution in [0.1, 0.15) is 21.6 Å². The molecular formula is C24H23N5O3. The van der Waals surface area contributed by atoms with Gasteiger partial charge in [-0.15, -0.1) is 0 Å². The lowest BCUT2D eigenvalue weighted by atomic mass is 10.0. The number of aliphatic hydroxyl groups excluding tert-OH is 1. The van der Waals surface area contributed by atoms with E-state index in [-0.39, 0.29) is 24.8 Å². The standard InChI is InChI=1S/C24H23N5O3/c1-16-6-7-21(19-5-3-2-4-18(16)19)32-15-17-8-9-25-22(12-17)29-23-14-27-20(13-28-23)24(31)26-10-11-30/h2-9,12-14,30H,10-11,15H2,1H3,(H,26,31)(H,25,28,29). The Hall–Kier alpha value is -4.04.